The zero-order valence-electron chi connectivity index (χ0n) is 29.4. The maximum atomic E-state index is 13.7. The van der Waals surface area contributed by atoms with Gasteiger partial charge in [0.05, 0.1) is 12.7 Å². The van der Waals surface area contributed by atoms with Crippen molar-refractivity contribution in [2.45, 2.75) is 77.4 Å². The molecule has 4 bridgehead atoms. The Kier molecular flexibility index (Phi) is 10.5. The molecule has 0 aromatic heterocycles. The van der Waals surface area contributed by atoms with E-state index in [1.54, 1.807) is 24.3 Å². The van der Waals surface area contributed by atoms with Crippen LogP contribution in [-0.4, -0.2) is 89.2 Å². The van der Waals surface area contributed by atoms with E-state index in [4.69, 9.17) is 14.2 Å². The minimum atomic E-state index is -1.71. The van der Waals surface area contributed by atoms with Gasteiger partial charge in [0.25, 0.3) is 12.1 Å². The summed E-state index contributed by atoms with van der Waals surface area (Å²) in [4.78, 5) is 92.1. The third-order valence-electron chi connectivity index (χ3n) is 8.15. The molecule has 0 spiro atoms. The van der Waals surface area contributed by atoms with Gasteiger partial charge in [-0.15, -0.1) is 0 Å². The van der Waals surface area contributed by atoms with Crippen LogP contribution in [-0.2, 0) is 38.2 Å². The third-order valence-corrected chi connectivity index (χ3v) is 8.15. The van der Waals surface area contributed by atoms with Crippen molar-refractivity contribution in [1.82, 2.24) is 26.6 Å². The van der Waals surface area contributed by atoms with Crippen LogP contribution < -0.4 is 31.3 Å². The summed E-state index contributed by atoms with van der Waals surface area (Å²) in [6, 6.07) is 9.12. The van der Waals surface area contributed by atoms with Crippen LogP contribution in [0.4, 0.5) is 0 Å². The highest BCUT2D eigenvalue weighted by Gasteiger charge is 2.42. The molecule has 272 valence electrons. The molecule has 0 aliphatic carbocycles. The highest BCUT2D eigenvalue weighted by molar-refractivity contribution is 6.12. The lowest BCUT2D eigenvalue weighted by Gasteiger charge is -2.35. The number of ether oxygens (including phenoxy) is 3. The van der Waals surface area contributed by atoms with Gasteiger partial charge in [-0.3, -0.25) is 24.0 Å². The summed E-state index contributed by atoms with van der Waals surface area (Å²) < 4.78 is 16.3. The lowest BCUT2D eigenvalue weighted by molar-refractivity contribution is -0.147. The number of benzene rings is 3. The fraction of sp³-hybridized carbons (Fsp3) is 0.400. The summed E-state index contributed by atoms with van der Waals surface area (Å²) in [6.45, 7) is 8.68. The molecule has 3 aromatic carbocycles. The molecule has 0 fully saturated rings. The Bertz CT molecular complexity index is 1950. The lowest BCUT2D eigenvalue weighted by Crippen LogP contribution is -2.67. The summed E-state index contributed by atoms with van der Waals surface area (Å²) in [5.41, 5.74) is -5.08. The van der Waals surface area contributed by atoms with E-state index in [9.17, 15) is 38.7 Å². The number of carbonyl (C=O) groups excluding carboxylic acids is 7. The number of nitrogens with one attached hydrogen (secondary N) is 5. The Morgan fingerprint density at radius 1 is 0.804 bits per heavy atom. The standard InChI is InChI=1S/C35H41N5O11/c1-17(41)36-27-26(43)38-34(4,5)31(47)40-35(6,7)32(48)39-33(2,3)30(46)37-23(29(45)49-8)16-50-28(44)18-13-14-21-22(15-18)24(42)19-11-9-10-12-20(19)25(21)51-27/h9-15,23,27,42H,16H2,1-8H3,(H,36,41)(H,37,46)(H,38,43)(H,39,48)(H,40,47)/t23-,27?/m0/s1. The van der Waals surface area contributed by atoms with Gasteiger partial charge in [-0.25, -0.2) is 9.59 Å². The molecule has 2 aliphatic heterocycles. The zero-order chi connectivity index (χ0) is 38.1. The van der Waals surface area contributed by atoms with Crippen LogP contribution in [0.15, 0.2) is 42.5 Å². The number of hydrogen-bond donors (Lipinski definition) is 6. The number of carbonyl (C=O) groups is 7. The molecule has 0 saturated heterocycles. The molecule has 0 saturated carbocycles. The SMILES string of the molecule is COC(=O)[C@@H]1COC(=O)c2ccc3c(c4ccccc4c(O)c3c2)OC(NC(C)=O)C(=O)NC(C)(C)C(=O)NC(C)(C)C(=O)NC(C)(C)C(=O)N1. The number of hydrogen-bond acceptors (Lipinski definition) is 11. The van der Waals surface area contributed by atoms with Crippen LogP contribution in [0, 0.1) is 0 Å². The molecule has 1 unspecified atom stereocenters. The van der Waals surface area contributed by atoms with E-state index >= 15 is 0 Å². The van der Waals surface area contributed by atoms with Crippen LogP contribution >= 0.6 is 0 Å². The van der Waals surface area contributed by atoms with Gasteiger partial charge in [-0.05, 0) is 59.7 Å². The fourth-order valence-corrected chi connectivity index (χ4v) is 5.14. The Morgan fingerprint density at radius 2 is 1.35 bits per heavy atom. The molecule has 51 heavy (non-hydrogen) atoms. The first-order valence-corrected chi connectivity index (χ1v) is 15.8. The maximum absolute atomic E-state index is 13.7. The molecule has 2 heterocycles. The number of amides is 5. The molecular weight excluding hydrogens is 666 g/mol. The van der Waals surface area contributed by atoms with Gasteiger partial charge in [0.2, 0.25) is 23.6 Å². The average molecular weight is 708 g/mol. The van der Waals surface area contributed by atoms with Crippen molar-refractivity contribution < 1.29 is 52.9 Å². The summed E-state index contributed by atoms with van der Waals surface area (Å²) in [7, 11) is 1.08. The Labute approximate surface area is 292 Å². The van der Waals surface area contributed by atoms with Crippen molar-refractivity contribution >= 4 is 63.0 Å². The predicted octanol–water partition coefficient (Wildman–Crippen LogP) is 1.05. The van der Waals surface area contributed by atoms with Gasteiger partial charge in [0.1, 0.15) is 34.7 Å². The zero-order valence-corrected chi connectivity index (χ0v) is 29.4. The number of aromatic hydroxyl groups is 1. The summed E-state index contributed by atoms with van der Waals surface area (Å²) in [5.74, 6) is -6.09. The molecule has 2 aliphatic rings. The van der Waals surface area contributed by atoms with Gasteiger partial charge >= 0.3 is 11.9 Å². The number of phenolic OH excluding ortho intramolecular Hbond substituents is 1. The highest BCUT2D eigenvalue weighted by Crippen LogP contribution is 2.42. The molecule has 5 rings (SSSR count). The van der Waals surface area contributed by atoms with E-state index in [0.717, 1.165) is 14.0 Å². The third kappa shape index (κ3) is 8.11. The van der Waals surface area contributed by atoms with Crippen molar-refractivity contribution in [2.24, 2.45) is 0 Å². The number of rotatable bonds is 2. The van der Waals surface area contributed by atoms with E-state index in [1.807, 2.05) is 0 Å². The molecule has 3 aromatic rings. The first kappa shape index (κ1) is 37.9. The Balaban J connectivity index is 1.89. The van der Waals surface area contributed by atoms with E-state index < -0.39 is 77.0 Å². The van der Waals surface area contributed by atoms with Gasteiger partial charge in [-0.2, -0.15) is 0 Å². The second-order valence-corrected chi connectivity index (χ2v) is 13.6. The average Bonchev–Trinajstić information content (AvgIpc) is 3.05. The molecule has 5 amide bonds. The van der Waals surface area contributed by atoms with Crippen molar-refractivity contribution in [3.05, 3.63) is 48.0 Å². The lowest BCUT2D eigenvalue weighted by atomic mass is 9.96. The molecule has 16 heteroatoms. The highest BCUT2D eigenvalue weighted by atomic mass is 16.5. The molecule has 0 radical (unpaired) electrons. The fourth-order valence-electron chi connectivity index (χ4n) is 5.14. The Morgan fingerprint density at radius 3 is 1.94 bits per heavy atom. The van der Waals surface area contributed by atoms with E-state index in [-0.39, 0.29) is 33.2 Å². The maximum Gasteiger partial charge on any atom is 0.338 e. The summed E-state index contributed by atoms with van der Waals surface area (Å²) >= 11 is 0. The summed E-state index contributed by atoms with van der Waals surface area (Å²) in [5, 5.41) is 24.8. The van der Waals surface area contributed by atoms with E-state index in [1.165, 1.54) is 59.7 Å². The van der Waals surface area contributed by atoms with Crippen molar-refractivity contribution in [3.63, 3.8) is 0 Å². The molecule has 6 N–H and O–H groups in total. The Hall–Kier alpha value is -5.93. The largest absolute Gasteiger partial charge is 0.507 e. The van der Waals surface area contributed by atoms with Gasteiger partial charge in [0.15, 0.2) is 6.04 Å². The van der Waals surface area contributed by atoms with E-state index in [2.05, 4.69) is 26.6 Å². The van der Waals surface area contributed by atoms with Crippen LogP contribution in [0.3, 0.4) is 0 Å². The number of fused-ring (bicyclic) bond motifs is 18. The van der Waals surface area contributed by atoms with Crippen LogP contribution in [0.5, 0.6) is 11.5 Å². The normalized spacial score (nSPS) is 21.1. The second kappa shape index (κ2) is 14.1. The van der Waals surface area contributed by atoms with Crippen LogP contribution in [0.25, 0.3) is 21.5 Å². The minimum Gasteiger partial charge on any atom is -0.507 e. The van der Waals surface area contributed by atoms with E-state index in [0.29, 0.717) is 5.39 Å². The quantitative estimate of drug-likeness (QED) is 0.125. The van der Waals surface area contributed by atoms with Crippen molar-refractivity contribution in [1.29, 1.82) is 0 Å². The second-order valence-electron chi connectivity index (χ2n) is 13.6. The number of esters is 2. The topological polar surface area (TPSA) is 228 Å². The first-order valence-electron chi connectivity index (χ1n) is 15.8. The van der Waals surface area contributed by atoms with Gasteiger partial charge in [0, 0.05) is 28.5 Å². The minimum absolute atomic E-state index is 0.0468. The summed E-state index contributed by atoms with van der Waals surface area (Å²) in [6.07, 6.45) is -1.71. The van der Waals surface area contributed by atoms with Gasteiger partial charge in [-0.1, -0.05) is 24.3 Å². The monoisotopic (exact) mass is 707 g/mol. The number of phenols is 1. The van der Waals surface area contributed by atoms with Gasteiger partial charge < -0.3 is 45.9 Å². The molecular formula is C35H41N5O11. The van der Waals surface area contributed by atoms with Crippen molar-refractivity contribution in [2.75, 3.05) is 13.7 Å². The first-order chi connectivity index (χ1) is 23.7. The predicted molar refractivity (Wildman–Crippen MR) is 182 cm³/mol. The molecule has 2 atom stereocenters. The van der Waals surface area contributed by atoms with Crippen LogP contribution in [0.1, 0.15) is 58.8 Å². The van der Waals surface area contributed by atoms with Crippen molar-refractivity contribution in [3.8, 4) is 11.5 Å². The molecule has 16 nitrogen and oxygen atoms in total. The number of methoxy groups -OCH3 is 1. The smallest absolute Gasteiger partial charge is 0.338 e. The van der Waals surface area contributed by atoms with Crippen LogP contribution in [0.2, 0.25) is 0 Å².